The molecule has 1 aromatic rings. The number of nitrogens with zero attached hydrogens (tertiary/aromatic N) is 2. The lowest BCUT2D eigenvalue weighted by Gasteiger charge is -2.25. The molecule has 0 spiro atoms. The topological polar surface area (TPSA) is 66.9 Å². The summed E-state index contributed by atoms with van der Waals surface area (Å²) in [6, 6.07) is 7.85. The number of carbonyl (C=O) groups is 1. The summed E-state index contributed by atoms with van der Waals surface area (Å²) in [5, 5.41) is 0. The Morgan fingerprint density at radius 1 is 1.17 bits per heavy atom. The van der Waals surface area contributed by atoms with Crippen LogP contribution in [0.2, 0.25) is 0 Å². The minimum absolute atomic E-state index is 0.0987. The summed E-state index contributed by atoms with van der Waals surface area (Å²) in [5.41, 5.74) is 1.07. The highest BCUT2D eigenvalue weighted by atomic mass is 32.2. The van der Waals surface area contributed by atoms with Gasteiger partial charge in [-0.15, -0.1) is 0 Å². The summed E-state index contributed by atoms with van der Waals surface area (Å²) in [6.07, 6.45) is 3.28. The lowest BCUT2D eigenvalue weighted by atomic mass is 9.95. The standard InChI is InChI=1S/C17H24N2O4S/c1-24(21,22)19-9-4-8-18(10-11-19)17(20)15-7-12-23-16-6-3-2-5-14(16)13-15/h2-3,5-6,15H,4,7-13H2,1H3/t15-/m1/s1. The Hall–Kier alpha value is -1.60. The Balaban J connectivity index is 1.68. The number of benzene rings is 1. The van der Waals surface area contributed by atoms with Crippen molar-refractivity contribution >= 4 is 15.9 Å². The number of ether oxygens (including phenoxy) is 1. The van der Waals surface area contributed by atoms with Crippen LogP contribution in [0.4, 0.5) is 0 Å². The Bertz CT molecular complexity index is 704. The fourth-order valence-corrected chi connectivity index (χ4v) is 4.28. The predicted molar refractivity (Wildman–Crippen MR) is 91.4 cm³/mol. The van der Waals surface area contributed by atoms with Gasteiger partial charge in [-0.25, -0.2) is 12.7 Å². The van der Waals surface area contributed by atoms with Crippen molar-refractivity contribution in [2.45, 2.75) is 19.3 Å². The van der Waals surface area contributed by atoms with Crippen molar-refractivity contribution in [1.82, 2.24) is 9.21 Å². The predicted octanol–water partition coefficient (Wildman–Crippen LogP) is 1.12. The zero-order valence-electron chi connectivity index (χ0n) is 14.0. The molecule has 7 heteroatoms. The SMILES string of the molecule is CS(=O)(=O)N1CCCN(C(=O)[C@@H]2CCOc3ccccc3C2)CC1. The third-order valence-electron chi connectivity index (χ3n) is 4.75. The van der Waals surface area contributed by atoms with Crippen molar-refractivity contribution in [3.63, 3.8) is 0 Å². The van der Waals surface area contributed by atoms with Crippen LogP contribution in [0.5, 0.6) is 5.75 Å². The molecular formula is C17H24N2O4S. The Morgan fingerprint density at radius 2 is 1.96 bits per heavy atom. The molecule has 0 N–H and O–H groups in total. The first-order chi connectivity index (χ1) is 11.4. The van der Waals surface area contributed by atoms with Gasteiger partial charge in [0.1, 0.15) is 5.75 Å². The van der Waals surface area contributed by atoms with E-state index in [1.54, 1.807) is 0 Å². The van der Waals surface area contributed by atoms with Crippen LogP contribution in [0, 0.1) is 5.92 Å². The summed E-state index contributed by atoms with van der Waals surface area (Å²) < 4.78 is 30.6. The lowest BCUT2D eigenvalue weighted by Crippen LogP contribution is -2.40. The molecule has 0 bridgehead atoms. The molecule has 1 aromatic carbocycles. The van der Waals surface area contributed by atoms with E-state index >= 15 is 0 Å². The Labute approximate surface area is 143 Å². The third-order valence-corrected chi connectivity index (χ3v) is 6.05. The second-order valence-electron chi connectivity index (χ2n) is 6.49. The molecule has 2 heterocycles. The molecule has 1 atom stereocenters. The van der Waals surface area contributed by atoms with Crippen LogP contribution in [0.25, 0.3) is 0 Å². The second kappa shape index (κ2) is 7.11. The molecule has 0 saturated carbocycles. The maximum Gasteiger partial charge on any atom is 0.226 e. The van der Waals surface area contributed by atoms with Gasteiger partial charge in [-0.3, -0.25) is 4.79 Å². The highest BCUT2D eigenvalue weighted by molar-refractivity contribution is 7.88. The highest BCUT2D eigenvalue weighted by Gasteiger charge is 2.30. The van der Waals surface area contributed by atoms with E-state index in [1.807, 2.05) is 29.2 Å². The van der Waals surface area contributed by atoms with E-state index in [2.05, 4.69) is 0 Å². The summed E-state index contributed by atoms with van der Waals surface area (Å²) in [5.74, 6) is 0.885. The first-order valence-corrected chi connectivity index (χ1v) is 10.2. The second-order valence-corrected chi connectivity index (χ2v) is 8.47. The molecule has 3 rings (SSSR count). The molecule has 0 radical (unpaired) electrons. The van der Waals surface area contributed by atoms with E-state index < -0.39 is 10.0 Å². The molecule has 1 fully saturated rings. The van der Waals surface area contributed by atoms with Crippen LogP contribution >= 0.6 is 0 Å². The third kappa shape index (κ3) is 3.89. The number of rotatable bonds is 2. The summed E-state index contributed by atoms with van der Waals surface area (Å²) in [7, 11) is -3.19. The van der Waals surface area contributed by atoms with Crippen LogP contribution in [0.3, 0.4) is 0 Å². The number of hydrogen-bond donors (Lipinski definition) is 0. The normalized spacial score (nSPS) is 22.9. The first kappa shape index (κ1) is 17.2. The number of para-hydroxylation sites is 1. The van der Waals surface area contributed by atoms with E-state index in [0.29, 0.717) is 52.0 Å². The molecular weight excluding hydrogens is 328 g/mol. The van der Waals surface area contributed by atoms with Crippen molar-refractivity contribution in [3.05, 3.63) is 29.8 Å². The monoisotopic (exact) mass is 352 g/mol. The minimum atomic E-state index is -3.19. The molecule has 24 heavy (non-hydrogen) atoms. The van der Waals surface area contributed by atoms with Crippen molar-refractivity contribution < 1.29 is 17.9 Å². The summed E-state index contributed by atoms with van der Waals surface area (Å²) >= 11 is 0. The minimum Gasteiger partial charge on any atom is -0.493 e. The average molecular weight is 352 g/mol. The molecule has 0 aromatic heterocycles. The van der Waals surface area contributed by atoms with Gasteiger partial charge in [0.05, 0.1) is 12.9 Å². The van der Waals surface area contributed by atoms with Gasteiger partial charge < -0.3 is 9.64 Å². The zero-order chi connectivity index (χ0) is 17.2. The fraction of sp³-hybridized carbons (Fsp3) is 0.588. The van der Waals surface area contributed by atoms with Crippen LogP contribution in [-0.4, -0.2) is 62.6 Å². The van der Waals surface area contributed by atoms with Crippen molar-refractivity contribution in [3.8, 4) is 5.75 Å². The van der Waals surface area contributed by atoms with Gasteiger partial charge in [0.25, 0.3) is 0 Å². The molecule has 132 valence electrons. The number of carbonyl (C=O) groups excluding carboxylic acids is 1. The Kier molecular flexibility index (Phi) is 5.10. The largest absolute Gasteiger partial charge is 0.493 e. The van der Waals surface area contributed by atoms with Gasteiger partial charge in [-0.2, -0.15) is 0 Å². The van der Waals surface area contributed by atoms with Crippen LogP contribution < -0.4 is 4.74 Å². The van der Waals surface area contributed by atoms with Crippen LogP contribution in [-0.2, 0) is 21.2 Å². The molecule has 2 aliphatic rings. The van der Waals surface area contributed by atoms with E-state index in [9.17, 15) is 13.2 Å². The highest BCUT2D eigenvalue weighted by Crippen LogP contribution is 2.27. The molecule has 2 aliphatic heterocycles. The lowest BCUT2D eigenvalue weighted by molar-refractivity contribution is -0.135. The van der Waals surface area contributed by atoms with E-state index in [1.165, 1.54) is 10.6 Å². The quantitative estimate of drug-likeness (QED) is 0.800. The average Bonchev–Trinajstić information content (AvgIpc) is 2.92. The van der Waals surface area contributed by atoms with Gasteiger partial charge in [-0.1, -0.05) is 18.2 Å². The van der Waals surface area contributed by atoms with Crippen molar-refractivity contribution in [2.24, 2.45) is 5.92 Å². The zero-order valence-corrected chi connectivity index (χ0v) is 14.8. The maximum atomic E-state index is 12.9. The molecule has 0 aliphatic carbocycles. The van der Waals surface area contributed by atoms with Gasteiger partial charge in [-0.05, 0) is 30.9 Å². The Morgan fingerprint density at radius 3 is 2.75 bits per heavy atom. The van der Waals surface area contributed by atoms with Crippen LogP contribution in [0.15, 0.2) is 24.3 Å². The van der Waals surface area contributed by atoms with E-state index in [4.69, 9.17) is 4.74 Å². The number of fused-ring (bicyclic) bond motifs is 1. The number of hydrogen-bond acceptors (Lipinski definition) is 4. The molecule has 1 saturated heterocycles. The van der Waals surface area contributed by atoms with E-state index in [-0.39, 0.29) is 11.8 Å². The summed E-state index contributed by atoms with van der Waals surface area (Å²) in [6.45, 7) is 2.48. The van der Waals surface area contributed by atoms with Crippen LogP contribution in [0.1, 0.15) is 18.4 Å². The van der Waals surface area contributed by atoms with Crippen molar-refractivity contribution in [1.29, 1.82) is 0 Å². The molecule has 1 amide bonds. The summed E-state index contributed by atoms with van der Waals surface area (Å²) in [4.78, 5) is 14.8. The molecule has 0 unspecified atom stereocenters. The smallest absolute Gasteiger partial charge is 0.226 e. The van der Waals surface area contributed by atoms with Gasteiger partial charge >= 0.3 is 0 Å². The van der Waals surface area contributed by atoms with Crippen molar-refractivity contribution in [2.75, 3.05) is 39.0 Å². The fourth-order valence-electron chi connectivity index (χ4n) is 3.41. The van der Waals surface area contributed by atoms with E-state index in [0.717, 1.165) is 11.3 Å². The number of amides is 1. The maximum absolute atomic E-state index is 12.9. The molecule has 6 nitrogen and oxygen atoms in total. The van der Waals surface area contributed by atoms with Gasteiger partial charge in [0.15, 0.2) is 0 Å². The first-order valence-electron chi connectivity index (χ1n) is 8.40. The number of sulfonamides is 1. The van der Waals surface area contributed by atoms with Gasteiger partial charge in [0.2, 0.25) is 15.9 Å². The van der Waals surface area contributed by atoms with Gasteiger partial charge in [0, 0.05) is 32.1 Å².